The SMILES string of the molecule is CC(=O)CC(C)N1CC2CCC(O)C2C1. The highest BCUT2D eigenvalue weighted by atomic mass is 16.3. The van der Waals surface area contributed by atoms with Gasteiger partial charge in [0.25, 0.3) is 0 Å². The van der Waals surface area contributed by atoms with Crippen LogP contribution < -0.4 is 0 Å². The van der Waals surface area contributed by atoms with Gasteiger partial charge in [-0.3, -0.25) is 9.69 Å². The second kappa shape index (κ2) is 4.22. The third kappa shape index (κ3) is 2.23. The van der Waals surface area contributed by atoms with Gasteiger partial charge in [-0.25, -0.2) is 0 Å². The van der Waals surface area contributed by atoms with Crippen molar-refractivity contribution >= 4 is 5.78 Å². The van der Waals surface area contributed by atoms with Crippen LogP contribution in [0.2, 0.25) is 0 Å². The van der Waals surface area contributed by atoms with Gasteiger partial charge in [-0.2, -0.15) is 0 Å². The van der Waals surface area contributed by atoms with Crippen LogP contribution in [0.3, 0.4) is 0 Å². The normalized spacial score (nSPS) is 37.9. The molecule has 1 saturated heterocycles. The summed E-state index contributed by atoms with van der Waals surface area (Å²) in [5, 5.41) is 9.79. The molecule has 2 rings (SSSR count). The highest BCUT2D eigenvalue weighted by Gasteiger charge is 2.42. The van der Waals surface area contributed by atoms with E-state index in [0.717, 1.165) is 25.9 Å². The molecule has 86 valence electrons. The lowest BCUT2D eigenvalue weighted by molar-refractivity contribution is -0.118. The van der Waals surface area contributed by atoms with Gasteiger partial charge in [0, 0.05) is 31.5 Å². The Morgan fingerprint density at radius 2 is 2.20 bits per heavy atom. The van der Waals surface area contributed by atoms with E-state index in [4.69, 9.17) is 0 Å². The van der Waals surface area contributed by atoms with Crippen molar-refractivity contribution in [1.29, 1.82) is 0 Å². The van der Waals surface area contributed by atoms with Gasteiger partial charge in [-0.1, -0.05) is 0 Å². The van der Waals surface area contributed by atoms with E-state index < -0.39 is 0 Å². The molecule has 2 aliphatic rings. The first-order valence-electron chi connectivity index (χ1n) is 5.99. The number of carbonyl (C=O) groups is 1. The Morgan fingerprint density at radius 1 is 1.47 bits per heavy atom. The van der Waals surface area contributed by atoms with E-state index in [2.05, 4.69) is 11.8 Å². The van der Waals surface area contributed by atoms with E-state index in [1.807, 2.05) is 0 Å². The Balaban J connectivity index is 1.90. The molecule has 4 unspecified atom stereocenters. The van der Waals surface area contributed by atoms with Gasteiger partial charge in [0.2, 0.25) is 0 Å². The van der Waals surface area contributed by atoms with Crippen molar-refractivity contribution < 1.29 is 9.90 Å². The first-order valence-corrected chi connectivity index (χ1v) is 5.99. The molecule has 0 aromatic rings. The van der Waals surface area contributed by atoms with E-state index in [1.54, 1.807) is 6.92 Å². The molecule has 0 radical (unpaired) electrons. The standard InChI is InChI=1S/C12H21NO2/c1-8(5-9(2)14)13-6-10-3-4-12(15)11(10)7-13/h8,10-12,15H,3-7H2,1-2H3. The second-order valence-electron chi connectivity index (χ2n) is 5.28. The van der Waals surface area contributed by atoms with Gasteiger partial charge in [0.1, 0.15) is 5.78 Å². The van der Waals surface area contributed by atoms with Crippen molar-refractivity contribution in [2.24, 2.45) is 11.8 Å². The zero-order chi connectivity index (χ0) is 11.0. The molecule has 1 saturated carbocycles. The van der Waals surface area contributed by atoms with E-state index in [1.165, 1.54) is 0 Å². The minimum Gasteiger partial charge on any atom is -0.393 e. The average molecular weight is 211 g/mol. The van der Waals surface area contributed by atoms with E-state index in [0.29, 0.717) is 24.3 Å². The topological polar surface area (TPSA) is 40.5 Å². The highest BCUT2D eigenvalue weighted by Crippen LogP contribution is 2.38. The van der Waals surface area contributed by atoms with E-state index >= 15 is 0 Å². The number of hydrogen-bond donors (Lipinski definition) is 1. The fourth-order valence-electron chi connectivity index (χ4n) is 3.18. The quantitative estimate of drug-likeness (QED) is 0.758. The van der Waals surface area contributed by atoms with Crippen LogP contribution in [0.1, 0.15) is 33.1 Å². The summed E-state index contributed by atoms with van der Waals surface area (Å²) < 4.78 is 0. The Labute approximate surface area is 91.5 Å². The molecule has 1 aliphatic carbocycles. The van der Waals surface area contributed by atoms with Gasteiger partial charge in [-0.15, -0.1) is 0 Å². The number of fused-ring (bicyclic) bond motifs is 1. The number of rotatable bonds is 3. The van der Waals surface area contributed by atoms with Crippen molar-refractivity contribution in [2.75, 3.05) is 13.1 Å². The first-order chi connectivity index (χ1) is 7.08. The molecule has 0 aromatic heterocycles. The molecule has 0 bridgehead atoms. The summed E-state index contributed by atoms with van der Waals surface area (Å²) in [7, 11) is 0. The second-order valence-corrected chi connectivity index (χ2v) is 5.28. The van der Waals surface area contributed by atoms with Gasteiger partial charge >= 0.3 is 0 Å². The predicted molar refractivity (Wildman–Crippen MR) is 58.6 cm³/mol. The molecule has 2 fully saturated rings. The van der Waals surface area contributed by atoms with E-state index in [9.17, 15) is 9.90 Å². The van der Waals surface area contributed by atoms with Crippen LogP contribution in [0, 0.1) is 11.8 Å². The average Bonchev–Trinajstić information content (AvgIpc) is 2.67. The fourth-order valence-corrected chi connectivity index (χ4v) is 3.18. The summed E-state index contributed by atoms with van der Waals surface area (Å²) in [6.07, 6.45) is 2.69. The maximum atomic E-state index is 11.0. The maximum Gasteiger partial charge on any atom is 0.131 e. The molecular weight excluding hydrogens is 190 g/mol. The molecule has 4 atom stereocenters. The summed E-state index contributed by atoms with van der Waals surface area (Å²) in [6, 6.07) is 0.347. The fraction of sp³-hybridized carbons (Fsp3) is 0.917. The lowest BCUT2D eigenvalue weighted by atomic mass is 10.00. The molecule has 1 heterocycles. The summed E-state index contributed by atoms with van der Waals surface area (Å²) >= 11 is 0. The van der Waals surface area contributed by atoms with Gasteiger partial charge in [-0.05, 0) is 32.6 Å². The number of ketones is 1. The van der Waals surface area contributed by atoms with Crippen molar-refractivity contribution in [1.82, 2.24) is 4.90 Å². The van der Waals surface area contributed by atoms with Gasteiger partial charge < -0.3 is 5.11 Å². The highest BCUT2D eigenvalue weighted by molar-refractivity contribution is 5.76. The van der Waals surface area contributed by atoms with Crippen LogP contribution in [0.15, 0.2) is 0 Å². The van der Waals surface area contributed by atoms with Crippen LogP contribution in [0.5, 0.6) is 0 Å². The number of Topliss-reactive ketones (excluding diaryl/α,β-unsaturated/α-hetero) is 1. The molecule has 1 aliphatic heterocycles. The number of aliphatic hydroxyl groups excluding tert-OH is 1. The van der Waals surface area contributed by atoms with Crippen LogP contribution in [0.25, 0.3) is 0 Å². The van der Waals surface area contributed by atoms with Crippen molar-refractivity contribution in [2.45, 2.75) is 45.3 Å². The third-order valence-corrected chi connectivity index (χ3v) is 4.05. The summed E-state index contributed by atoms with van der Waals surface area (Å²) in [4.78, 5) is 13.4. The Kier molecular flexibility index (Phi) is 3.12. The molecular formula is C12H21NO2. The Hall–Kier alpha value is -0.410. The van der Waals surface area contributed by atoms with Crippen molar-refractivity contribution in [3.05, 3.63) is 0 Å². The number of carbonyl (C=O) groups excluding carboxylic acids is 1. The minimum absolute atomic E-state index is 0.0930. The van der Waals surface area contributed by atoms with E-state index in [-0.39, 0.29) is 11.9 Å². The van der Waals surface area contributed by atoms with Crippen LogP contribution in [0.4, 0.5) is 0 Å². The third-order valence-electron chi connectivity index (χ3n) is 4.05. The monoisotopic (exact) mass is 211 g/mol. The van der Waals surface area contributed by atoms with Crippen molar-refractivity contribution in [3.63, 3.8) is 0 Å². The minimum atomic E-state index is -0.0930. The summed E-state index contributed by atoms with van der Waals surface area (Å²) in [6.45, 7) is 5.84. The Morgan fingerprint density at radius 3 is 2.80 bits per heavy atom. The molecule has 0 amide bonds. The summed E-state index contributed by atoms with van der Waals surface area (Å²) in [5.74, 6) is 1.41. The maximum absolute atomic E-state index is 11.0. The molecule has 3 nitrogen and oxygen atoms in total. The lowest BCUT2D eigenvalue weighted by Crippen LogP contribution is -2.34. The predicted octanol–water partition coefficient (Wildman–Crippen LogP) is 1.06. The number of likely N-dealkylation sites (tertiary alicyclic amines) is 1. The van der Waals surface area contributed by atoms with Gasteiger partial charge in [0.05, 0.1) is 6.10 Å². The van der Waals surface area contributed by atoms with Crippen LogP contribution in [-0.4, -0.2) is 41.0 Å². The zero-order valence-electron chi connectivity index (χ0n) is 9.65. The summed E-state index contributed by atoms with van der Waals surface area (Å²) in [5.41, 5.74) is 0. The largest absolute Gasteiger partial charge is 0.393 e. The molecule has 0 aromatic carbocycles. The molecule has 1 N–H and O–H groups in total. The number of hydrogen-bond acceptors (Lipinski definition) is 3. The van der Waals surface area contributed by atoms with Gasteiger partial charge in [0.15, 0.2) is 0 Å². The smallest absolute Gasteiger partial charge is 0.131 e. The lowest BCUT2D eigenvalue weighted by Gasteiger charge is -2.24. The molecule has 15 heavy (non-hydrogen) atoms. The van der Waals surface area contributed by atoms with Crippen LogP contribution >= 0.6 is 0 Å². The number of nitrogens with zero attached hydrogens (tertiary/aromatic N) is 1. The van der Waals surface area contributed by atoms with Crippen molar-refractivity contribution in [3.8, 4) is 0 Å². The van der Waals surface area contributed by atoms with Crippen LogP contribution in [-0.2, 0) is 4.79 Å². The zero-order valence-corrected chi connectivity index (χ0v) is 9.65. The number of aliphatic hydroxyl groups is 1. The Bertz CT molecular complexity index is 254. The molecule has 0 spiro atoms. The first kappa shape index (κ1) is 11.1. The molecule has 3 heteroatoms.